The minimum atomic E-state index is 0.935. The average Bonchev–Trinajstić information content (AvgIpc) is 2.18. The first-order valence-corrected chi connectivity index (χ1v) is 6.26. The molecule has 1 aliphatic carbocycles. The third-order valence-electron chi connectivity index (χ3n) is 2.42. The van der Waals surface area contributed by atoms with Crippen molar-refractivity contribution in [2.24, 2.45) is 0 Å². The number of allylic oxidation sites excluding steroid dienone is 2. The van der Waals surface area contributed by atoms with Crippen molar-refractivity contribution in [2.45, 2.75) is 12.8 Å². The smallest absolute Gasteiger partial charge is 0.0297 e. The molecule has 1 aromatic carbocycles. The Kier molecular flexibility index (Phi) is 2.89. The van der Waals surface area contributed by atoms with E-state index in [1.165, 1.54) is 21.2 Å². The van der Waals surface area contributed by atoms with Gasteiger partial charge < -0.3 is 0 Å². The van der Waals surface area contributed by atoms with E-state index >= 15 is 0 Å². The van der Waals surface area contributed by atoms with Crippen LogP contribution in [0, 0.1) is 0 Å². The summed E-state index contributed by atoms with van der Waals surface area (Å²) < 4.78 is 1.35. The topological polar surface area (TPSA) is 0 Å². The van der Waals surface area contributed by atoms with Gasteiger partial charge in [0.2, 0.25) is 0 Å². The Morgan fingerprint density at radius 1 is 1.15 bits per heavy atom. The monoisotopic (exact) mass is 300 g/mol. The maximum Gasteiger partial charge on any atom is 0.0297 e. The first kappa shape index (κ1) is 9.47. The third-order valence-corrected chi connectivity index (χ3v) is 3.85. The number of rotatable bonds is 1. The maximum atomic E-state index is 3.63. The fourth-order valence-electron chi connectivity index (χ4n) is 1.72. The van der Waals surface area contributed by atoms with E-state index in [1.807, 2.05) is 0 Å². The van der Waals surface area contributed by atoms with Crippen LogP contribution in [0.5, 0.6) is 0 Å². The first-order chi connectivity index (χ1) is 6.33. The molecule has 0 saturated carbocycles. The predicted molar refractivity (Wildman–Crippen MR) is 64.4 cm³/mol. The van der Waals surface area contributed by atoms with Gasteiger partial charge in [-0.2, -0.15) is 0 Å². The molecule has 0 nitrogen and oxygen atoms in total. The summed E-state index contributed by atoms with van der Waals surface area (Å²) in [5, 5.41) is 0.935. The lowest BCUT2D eigenvalue weighted by Gasteiger charge is -2.18. The third kappa shape index (κ3) is 1.75. The highest BCUT2D eigenvalue weighted by Crippen LogP contribution is 2.34. The molecule has 0 spiro atoms. The van der Waals surface area contributed by atoms with Crippen LogP contribution in [-0.2, 0) is 6.42 Å². The van der Waals surface area contributed by atoms with E-state index in [2.05, 4.69) is 56.1 Å². The van der Waals surface area contributed by atoms with Gasteiger partial charge in [-0.15, -0.1) is 0 Å². The lowest BCUT2D eigenvalue weighted by Crippen LogP contribution is -2.02. The fraction of sp³-hybridized carbons (Fsp3) is 0.273. The lowest BCUT2D eigenvalue weighted by molar-refractivity contribution is 0.967. The summed E-state index contributed by atoms with van der Waals surface area (Å²) in [6.07, 6.45) is 2.30. The summed E-state index contributed by atoms with van der Waals surface area (Å²) in [6, 6.07) is 8.64. The summed E-state index contributed by atoms with van der Waals surface area (Å²) >= 11 is 7.17. The summed E-state index contributed by atoms with van der Waals surface area (Å²) in [7, 11) is 0. The van der Waals surface area contributed by atoms with Gasteiger partial charge in [-0.3, -0.25) is 0 Å². The van der Waals surface area contributed by atoms with Gasteiger partial charge in [-0.1, -0.05) is 56.1 Å². The molecule has 0 saturated heterocycles. The van der Waals surface area contributed by atoms with Gasteiger partial charge in [0, 0.05) is 9.81 Å². The molecule has 0 aliphatic heterocycles. The van der Waals surface area contributed by atoms with Crippen LogP contribution in [0.1, 0.15) is 17.5 Å². The molecule has 0 amide bonds. The number of benzene rings is 1. The highest BCUT2D eigenvalue weighted by molar-refractivity contribution is 9.12. The molecule has 0 aromatic heterocycles. The number of alkyl halides is 1. The van der Waals surface area contributed by atoms with Gasteiger partial charge in [0.15, 0.2) is 0 Å². The molecule has 0 radical (unpaired) electrons. The second kappa shape index (κ2) is 3.97. The van der Waals surface area contributed by atoms with Gasteiger partial charge in [0.1, 0.15) is 0 Å². The van der Waals surface area contributed by atoms with Crippen molar-refractivity contribution < 1.29 is 0 Å². The van der Waals surface area contributed by atoms with Crippen LogP contribution in [0.25, 0.3) is 5.57 Å². The van der Waals surface area contributed by atoms with Crippen molar-refractivity contribution >= 4 is 37.4 Å². The van der Waals surface area contributed by atoms with E-state index in [4.69, 9.17) is 0 Å². The minimum Gasteiger partial charge on any atom is -0.0876 e. The Bertz CT molecular complexity index is 353. The molecule has 0 bridgehead atoms. The van der Waals surface area contributed by atoms with Crippen molar-refractivity contribution in [1.29, 1.82) is 0 Å². The SMILES string of the molecule is BrCC1=C(Br)CCc2ccccc21. The first-order valence-electron chi connectivity index (χ1n) is 4.34. The van der Waals surface area contributed by atoms with Gasteiger partial charge in [0.05, 0.1) is 0 Å². The van der Waals surface area contributed by atoms with E-state index < -0.39 is 0 Å². The maximum absolute atomic E-state index is 3.63. The molecule has 2 rings (SSSR count). The van der Waals surface area contributed by atoms with Gasteiger partial charge in [-0.05, 0) is 29.5 Å². The van der Waals surface area contributed by atoms with Crippen molar-refractivity contribution in [3.8, 4) is 0 Å². The van der Waals surface area contributed by atoms with Gasteiger partial charge in [-0.25, -0.2) is 0 Å². The van der Waals surface area contributed by atoms with Crippen LogP contribution in [0.2, 0.25) is 0 Å². The molecule has 68 valence electrons. The van der Waals surface area contributed by atoms with E-state index in [0.717, 1.165) is 18.2 Å². The van der Waals surface area contributed by atoms with Crippen LogP contribution >= 0.6 is 31.9 Å². The van der Waals surface area contributed by atoms with E-state index in [-0.39, 0.29) is 0 Å². The molecule has 13 heavy (non-hydrogen) atoms. The summed E-state index contributed by atoms with van der Waals surface area (Å²) in [6.45, 7) is 0. The quantitative estimate of drug-likeness (QED) is 0.684. The molecule has 2 heteroatoms. The van der Waals surface area contributed by atoms with Crippen LogP contribution in [0.3, 0.4) is 0 Å². The molecule has 0 N–H and O–H groups in total. The van der Waals surface area contributed by atoms with E-state index in [9.17, 15) is 0 Å². The summed E-state index contributed by atoms with van der Waals surface area (Å²) in [4.78, 5) is 0. The van der Waals surface area contributed by atoms with Crippen LogP contribution in [-0.4, -0.2) is 5.33 Å². The van der Waals surface area contributed by atoms with Crippen LogP contribution in [0.15, 0.2) is 28.7 Å². The fourth-order valence-corrected chi connectivity index (χ4v) is 3.29. The van der Waals surface area contributed by atoms with Gasteiger partial charge >= 0.3 is 0 Å². The summed E-state index contributed by atoms with van der Waals surface area (Å²) in [5.74, 6) is 0. The largest absolute Gasteiger partial charge is 0.0876 e. The highest BCUT2D eigenvalue weighted by atomic mass is 79.9. The zero-order chi connectivity index (χ0) is 9.26. The number of halogens is 2. The molecule has 0 unspecified atom stereocenters. The lowest BCUT2D eigenvalue weighted by atomic mass is 9.92. The van der Waals surface area contributed by atoms with Crippen molar-refractivity contribution in [2.75, 3.05) is 5.33 Å². The molecule has 1 aromatic rings. The predicted octanol–water partition coefficient (Wildman–Crippen LogP) is 4.13. The molecule has 1 aliphatic rings. The van der Waals surface area contributed by atoms with Crippen LogP contribution < -0.4 is 0 Å². The molecule has 0 fully saturated rings. The number of aryl methyl sites for hydroxylation is 1. The zero-order valence-electron chi connectivity index (χ0n) is 7.19. The van der Waals surface area contributed by atoms with Crippen molar-refractivity contribution in [3.63, 3.8) is 0 Å². The Morgan fingerprint density at radius 3 is 2.69 bits per heavy atom. The van der Waals surface area contributed by atoms with Crippen molar-refractivity contribution in [3.05, 3.63) is 39.9 Å². The van der Waals surface area contributed by atoms with Crippen LogP contribution in [0.4, 0.5) is 0 Å². The number of hydrogen-bond acceptors (Lipinski definition) is 0. The standard InChI is InChI=1S/C11H10Br2/c12-7-10-9-4-2-1-3-8(9)5-6-11(10)13/h1-4H,5-7H2. The minimum absolute atomic E-state index is 0.935. The van der Waals surface area contributed by atoms with Gasteiger partial charge in [0.25, 0.3) is 0 Å². The summed E-state index contributed by atoms with van der Waals surface area (Å²) in [5.41, 5.74) is 4.28. The molecule has 0 atom stereocenters. The zero-order valence-corrected chi connectivity index (χ0v) is 10.4. The number of fused-ring (bicyclic) bond motifs is 1. The Balaban J connectivity index is 2.55. The second-order valence-electron chi connectivity index (χ2n) is 3.17. The Morgan fingerprint density at radius 2 is 1.92 bits per heavy atom. The molecule has 0 heterocycles. The second-order valence-corrected chi connectivity index (χ2v) is 4.69. The Hall–Kier alpha value is -0.0800. The molecular weight excluding hydrogens is 292 g/mol. The normalized spacial score (nSPS) is 15.8. The van der Waals surface area contributed by atoms with E-state index in [0.29, 0.717) is 0 Å². The highest BCUT2D eigenvalue weighted by Gasteiger charge is 2.15. The Labute approximate surface area is 95.3 Å². The average molecular weight is 302 g/mol. The molecular formula is C11H10Br2. The number of hydrogen-bond donors (Lipinski definition) is 0. The van der Waals surface area contributed by atoms with E-state index in [1.54, 1.807) is 0 Å². The van der Waals surface area contributed by atoms with Crippen molar-refractivity contribution in [1.82, 2.24) is 0 Å².